The Morgan fingerprint density at radius 2 is 1.59 bits per heavy atom. The molecule has 15 heteroatoms. The van der Waals surface area contributed by atoms with Gasteiger partial charge in [0.2, 0.25) is 5.76 Å². The number of piperazine rings is 1. The first-order chi connectivity index (χ1) is 19.1. The lowest BCUT2D eigenvalue weighted by Gasteiger charge is -2.36. The number of nitrogens with zero attached hydrogens (tertiary/aromatic N) is 4. The van der Waals surface area contributed by atoms with Crippen molar-refractivity contribution in [1.29, 1.82) is 0 Å². The molecule has 0 radical (unpaired) electrons. The molecule has 41 heavy (non-hydrogen) atoms. The van der Waals surface area contributed by atoms with E-state index in [0.29, 0.717) is 19.2 Å². The van der Waals surface area contributed by atoms with Crippen molar-refractivity contribution in [3.63, 3.8) is 0 Å². The summed E-state index contributed by atoms with van der Waals surface area (Å²) in [5, 5.41) is 0. The first-order valence-electron chi connectivity index (χ1n) is 12.7. The highest BCUT2D eigenvalue weighted by Gasteiger charge is 2.36. The number of halogens is 7. The molecule has 8 nitrogen and oxygen atoms in total. The van der Waals surface area contributed by atoms with Crippen molar-refractivity contribution in [3.8, 4) is 0 Å². The zero-order valence-electron chi connectivity index (χ0n) is 22.2. The molecule has 0 unspecified atom stereocenters. The smallest absolute Gasteiger partial charge is 0.449 e. The molecule has 1 fully saturated rings. The fourth-order valence-electron chi connectivity index (χ4n) is 4.89. The second-order valence-corrected chi connectivity index (χ2v) is 9.99. The van der Waals surface area contributed by atoms with E-state index in [1.807, 2.05) is 4.90 Å². The van der Waals surface area contributed by atoms with Crippen LogP contribution in [0.4, 0.5) is 36.4 Å². The summed E-state index contributed by atoms with van der Waals surface area (Å²) in [6.07, 6.45) is -9.49. The fraction of sp³-hybridized carbons (Fsp3) is 0.462. The molecule has 0 aliphatic carbocycles. The van der Waals surface area contributed by atoms with E-state index in [1.54, 1.807) is 11.8 Å². The molecule has 0 bridgehead atoms. The predicted molar refractivity (Wildman–Crippen MR) is 135 cm³/mol. The van der Waals surface area contributed by atoms with Crippen LogP contribution < -0.4 is 21.9 Å². The first-order valence-corrected chi connectivity index (χ1v) is 12.7. The molecule has 0 amide bonds. The van der Waals surface area contributed by atoms with E-state index in [9.17, 15) is 40.3 Å². The maximum Gasteiger partial charge on any atom is 0.449 e. The molecule has 1 aliphatic rings. The van der Waals surface area contributed by atoms with Crippen LogP contribution in [0.5, 0.6) is 0 Å². The highest BCUT2D eigenvalue weighted by molar-refractivity contribution is 5.50. The standard InChI is InChI=1S/C26H28F7N5O3/c1-15(34)12-38-23(39)22(36-10-8-35(9-11-36)13-17-6-7-21(41-17)26(31,32)33)16(2)37(24(38)40)14-18-19(25(28,29)30)4-3-5-20(18)27/h3-7,15H,8-14,34H2,1-2H3/t15-/m1/s1. The number of aromatic nitrogens is 2. The van der Waals surface area contributed by atoms with Crippen LogP contribution in [-0.4, -0.2) is 46.3 Å². The fourth-order valence-corrected chi connectivity index (χ4v) is 4.89. The Morgan fingerprint density at radius 1 is 0.927 bits per heavy atom. The van der Waals surface area contributed by atoms with Gasteiger partial charge in [0.1, 0.15) is 17.3 Å². The maximum absolute atomic E-state index is 14.7. The summed E-state index contributed by atoms with van der Waals surface area (Å²) in [5.74, 6) is -2.15. The molecule has 1 atom stereocenters. The molecule has 2 N–H and O–H groups in total. The van der Waals surface area contributed by atoms with Crippen molar-refractivity contribution in [1.82, 2.24) is 14.0 Å². The summed E-state index contributed by atoms with van der Waals surface area (Å²) in [7, 11) is 0. The first kappa shape index (κ1) is 30.4. The van der Waals surface area contributed by atoms with Crippen LogP contribution in [0.15, 0.2) is 44.3 Å². The predicted octanol–water partition coefficient (Wildman–Crippen LogP) is 3.81. The molecule has 1 saturated heterocycles. The lowest BCUT2D eigenvalue weighted by atomic mass is 10.1. The van der Waals surface area contributed by atoms with E-state index in [-0.39, 0.29) is 43.3 Å². The van der Waals surface area contributed by atoms with Gasteiger partial charge in [-0.05, 0) is 38.1 Å². The largest absolute Gasteiger partial charge is 0.455 e. The van der Waals surface area contributed by atoms with Gasteiger partial charge < -0.3 is 15.1 Å². The van der Waals surface area contributed by atoms with Crippen molar-refractivity contribution < 1.29 is 35.2 Å². The molecule has 2 aromatic heterocycles. The zero-order valence-corrected chi connectivity index (χ0v) is 22.2. The normalized spacial score (nSPS) is 15.9. The molecule has 4 rings (SSSR count). The molecule has 1 aliphatic heterocycles. The number of rotatable bonds is 7. The number of hydrogen-bond donors (Lipinski definition) is 1. The van der Waals surface area contributed by atoms with Crippen molar-refractivity contribution in [2.45, 2.75) is 51.9 Å². The number of hydrogen-bond acceptors (Lipinski definition) is 6. The lowest BCUT2D eigenvalue weighted by molar-refractivity contribution is -0.153. The minimum atomic E-state index is -4.89. The van der Waals surface area contributed by atoms with Gasteiger partial charge in [0.25, 0.3) is 5.56 Å². The van der Waals surface area contributed by atoms with Crippen LogP contribution in [0, 0.1) is 12.7 Å². The van der Waals surface area contributed by atoms with E-state index in [1.165, 1.54) is 13.0 Å². The number of alkyl halides is 6. The Kier molecular flexibility index (Phi) is 8.41. The third-order valence-corrected chi connectivity index (χ3v) is 6.88. The highest BCUT2D eigenvalue weighted by atomic mass is 19.4. The van der Waals surface area contributed by atoms with Crippen LogP contribution in [0.1, 0.15) is 35.3 Å². The summed E-state index contributed by atoms with van der Waals surface area (Å²) in [6.45, 7) is 3.07. The molecule has 0 saturated carbocycles. The third kappa shape index (κ3) is 6.50. The van der Waals surface area contributed by atoms with Crippen LogP contribution >= 0.6 is 0 Å². The Morgan fingerprint density at radius 3 is 2.15 bits per heavy atom. The van der Waals surface area contributed by atoms with Gasteiger partial charge in [-0.15, -0.1) is 0 Å². The lowest BCUT2D eigenvalue weighted by Crippen LogP contribution is -2.51. The number of furan rings is 1. The average molecular weight is 592 g/mol. The van der Waals surface area contributed by atoms with Gasteiger partial charge in [0, 0.05) is 50.0 Å². The van der Waals surface area contributed by atoms with Crippen molar-refractivity contribution >= 4 is 5.69 Å². The molecular weight excluding hydrogens is 563 g/mol. The summed E-state index contributed by atoms with van der Waals surface area (Å²) >= 11 is 0. The monoisotopic (exact) mass is 591 g/mol. The topological polar surface area (TPSA) is 89.6 Å². The molecule has 3 aromatic rings. The molecule has 3 heterocycles. The highest BCUT2D eigenvalue weighted by Crippen LogP contribution is 2.34. The van der Waals surface area contributed by atoms with E-state index in [0.717, 1.165) is 27.3 Å². The molecule has 0 spiro atoms. The van der Waals surface area contributed by atoms with E-state index in [2.05, 4.69) is 0 Å². The quantitative estimate of drug-likeness (QED) is 0.421. The van der Waals surface area contributed by atoms with Gasteiger partial charge >= 0.3 is 18.0 Å². The van der Waals surface area contributed by atoms with Crippen molar-refractivity contribution in [2.24, 2.45) is 5.73 Å². The van der Waals surface area contributed by atoms with Gasteiger partial charge in [-0.1, -0.05) is 6.07 Å². The van der Waals surface area contributed by atoms with Gasteiger partial charge in [-0.25, -0.2) is 9.18 Å². The van der Waals surface area contributed by atoms with Crippen LogP contribution in [0.3, 0.4) is 0 Å². The Hall–Kier alpha value is -3.59. The Balaban J connectivity index is 1.67. The van der Waals surface area contributed by atoms with Crippen LogP contribution in [-0.2, 0) is 32.0 Å². The van der Waals surface area contributed by atoms with Gasteiger partial charge in [-0.2, -0.15) is 26.3 Å². The van der Waals surface area contributed by atoms with E-state index < -0.39 is 58.9 Å². The van der Waals surface area contributed by atoms with Gasteiger partial charge in [0.15, 0.2) is 0 Å². The SMILES string of the molecule is Cc1c(N2CCN(Cc3ccc(C(F)(F)F)o3)CC2)c(=O)n(C[C@@H](C)N)c(=O)n1Cc1c(F)cccc1C(F)(F)F. The minimum Gasteiger partial charge on any atom is -0.455 e. The number of benzene rings is 1. The summed E-state index contributed by atoms with van der Waals surface area (Å²) < 4.78 is 101. The van der Waals surface area contributed by atoms with Crippen LogP contribution in [0.25, 0.3) is 0 Å². The van der Waals surface area contributed by atoms with E-state index in [4.69, 9.17) is 10.2 Å². The zero-order chi connectivity index (χ0) is 30.3. The number of nitrogens with two attached hydrogens (primary N) is 1. The summed E-state index contributed by atoms with van der Waals surface area (Å²) in [6, 6.07) is 3.92. The number of anilines is 1. The van der Waals surface area contributed by atoms with E-state index >= 15 is 0 Å². The van der Waals surface area contributed by atoms with Crippen molar-refractivity contribution in [3.05, 3.63) is 85.3 Å². The van der Waals surface area contributed by atoms with Gasteiger partial charge in [-0.3, -0.25) is 18.8 Å². The molecule has 1 aromatic carbocycles. The Labute approximate surface area is 229 Å². The summed E-state index contributed by atoms with van der Waals surface area (Å²) in [4.78, 5) is 30.3. The van der Waals surface area contributed by atoms with Crippen LogP contribution in [0.2, 0.25) is 0 Å². The second kappa shape index (κ2) is 11.4. The Bertz CT molecular complexity index is 1510. The average Bonchev–Trinajstić information content (AvgIpc) is 3.35. The van der Waals surface area contributed by atoms with Crippen molar-refractivity contribution in [2.75, 3.05) is 31.1 Å². The summed E-state index contributed by atoms with van der Waals surface area (Å²) in [5.41, 5.74) is 2.33. The maximum atomic E-state index is 14.7. The second-order valence-electron chi connectivity index (χ2n) is 9.99. The third-order valence-electron chi connectivity index (χ3n) is 6.88. The molecule has 224 valence electrons. The minimum absolute atomic E-state index is 0.0478. The molecular formula is C26H28F7N5O3. The van der Waals surface area contributed by atoms with Gasteiger partial charge in [0.05, 0.1) is 18.7 Å².